The van der Waals surface area contributed by atoms with Gasteiger partial charge in [-0.2, -0.15) is 0 Å². The summed E-state index contributed by atoms with van der Waals surface area (Å²) in [7, 11) is 2.61. The molecule has 0 unspecified atom stereocenters. The van der Waals surface area contributed by atoms with E-state index in [1.165, 1.54) is 14.2 Å². The first kappa shape index (κ1) is 16.7. The number of benzene rings is 1. The molecule has 0 bridgehead atoms. The van der Waals surface area contributed by atoms with E-state index in [-0.39, 0.29) is 11.1 Å². The minimum absolute atomic E-state index is 0.262. The van der Waals surface area contributed by atoms with Gasteiger partial charge < -0.3 is 14.5 Å². The summed E-state index contributed by atoms with van der Waals surface area (Å²) >= 11 is 0. The van der Waals surface area contributed by atoms with Crippen LogP contribution in [0, 0.1) is 13.8 Å². The Kier molecular flexibility index (Phi) is 4.27. The first-order chi connectivity index (χ1) is 12.0. The molecule has 1 aromatic carbocycles. The molecule has 1 N–H and O–H groups in total. The number of nitrogens with zero attached hydrogens (tertiary/aromatic N) is 1. The van der Waals surface area contributed by atoms with Crippen molar-refractivity contribution < 1.29 is 19.1 Å². The van der Waals surface area contributed by atoms with Crippen molar-refractivity contribution in [1.29, 1.82) is 0 Å². The summed E-state index contributed by atoms with van der Waals surface area (Å²) in [5.41, 5.74) is 3.62. The van der Waals surface area contributed by atoms with Crippen LogP contribution >= 0.6 is 0 Å². The summed E-state index contributed by atoms with van der Waals surface area (Å²) in [5.74, 6) is -1.09. The number of hydrogen-bond acceptors (Lipinski definition) is 5. The van der Waals surface area contributed by atoms with Crippen molar-refractivity contribution >= 4 is 22.8 Å². The quantitative estimate of drug-likeness (QED) is 0.740. The molecule has 0 radical (unpaired) electrons. The van der Waals surface area contributed by atoms with E-state index in [9.17, 15) is 9.59 Å². The van der Waals surface area contributed by atoms with Crippen molar-refractivity contribution in [2.45, 2.75) is 13.8 Å². The maximum absolute atomic E-state index is 12.4. The Morgan fingerprint density at radius 3 is 2.08 bits per heavy atom. The van der Waals surface area contributed by atoms with Gasteiger partial charge >= 0.3 is 11.9 Å². The minimum atomic E-state index is -0.546. The zero-order chi connectivity index (χ0) is 18.1. The summed E-state index contributed by atoms with van der Waals surface area (Å²) in [6.07, 6.45) is 1.78. The maximum atomic E-state index is 12.4. The van der Waals surface area contributed by atoms with E-state index in [1.807, 2.05) is 24.3 Å². The van der Waals surface area contributed by atoms with Crippen LogP contribution in [-0.2, 0) is 9.47 Å². The normalized spacial score (nSPS) is 10.7. The van der Waals surface area contributed by atoms with Crippen LogP contribution in [0.15, 0.2) is 30.5 Å². The lowest BCUT2D eigenvalue weighted by atomic mass is 9.92. The monoisotopic (exact) mass is 338 g/mol. The van der Waals surface area contributed by atoms with E-state index in [4.69, 9.17) is 9.47 Å². The highest BCUT2D eigenvalue weighted by Gasteiger charge is 2.28. The summed E-state index contributed by atoms with van der Waals surface area (Å²) < 4.78 is 9.87. The second-order valence-electron chi connectivity index (χ2n) is 5.64. The lowest BCUT2D eigenvalue weighted by molar-refractivity contribution is 0.0599. The average molecular weight is 338 g/mol. The van der Waals surface area contributed by atoms with E-state index in [0.29, 0.717) is 17.0 Å². The molecule has 0 saturated heterocycles. The van der Waals surface area contributed by atoms with Gasteiger partial charge in [0.15, 0.2) is 0 Å². The van der Waals surface area contributed by atoms with Crippen LogP contribution < -0.4 is 0 Å². The molecule has 0 aliphatic rings. The number of para-hydroxylation sites is 1. The van der Waals surface area contributed by atoms with Crippen LogP contribution in [0.1, 0.15) is 32.1 Å². The lowest BCUT2D eigenvalue weighted by Gasteiger charge is -2.16. The number of carbonyl (C=O) groups excluding carboxylic acids is 2. The number of rotatable bonds is 3. The number of pyridine rings is 1. The van der Waals surface area contributed by atoms with Crippen LogP contribution in [0.5, 0.6) is 0 Å². The number of esters is 2. The summed E-state index contributed by atoms with van der Waals surface area (Å²) in [5, 5.41) is 0.891. The molecule has 0 atom stereocenters. The second-order valence-corrected chi connectivity index (χ2v) is 5.64. The molecule has 6 heteroatoms. The summed E-state index contributed by atoms with van der Waals surface area (Å²) in [6.45, 7) is 3.44. The fourth-order valence-electron chi connectivity index (χ4n) is 3.10. The summed E-state index contributed by atoms with van der Waals surface area (Å²) in [6, 6.07) is 7.66. The number of methoxy groups -OCH3 is 2. The predicted octanol–water partition coefficient (Wildman–Crippen LogP) is 3.42. The van der Waals surface area contributed by atoms with Crippen molar-refractivity contribution in [3.63, 3.8) is 0 Å². The molecular weight excluding hydrogens is 320 g/mol. The largest absolute Gasteiger partial charge is 0.465 e. The first-order valence-corrected chi connectivity index (χ1v) is 7.73. The first-order valence-electron chi connectivity index (χ1n) is 7.73. The number of fused-ring (bicyclic) bond motifs is 1. The van der Waals surface area contributed by atoms with Gasteiger partial charge in [-0.3, -0.25) is 4.98 Å². The Morgan fingerprint density at radius 2 is 1.52 bits per heavy atom. The van der Waals surface area contributed by atoms with Crippen molar-refractivity contribution in [2.75, 3.05) is 14.2 Å². The molecule has 0 aliphatic carbocycles. The number of aromatic nitrogens is 2. The van der Waals surface area contributed by atoms with E-state index in [1.54, 1.807) is 20.0 Å². The number of carbonyl (C=O) groups is 2. The predicted molar refractivity (Wildman–Crippen MR) is 93.7 cm³/mol. The molecule has 2 aromatic heterocycles. The highest BCUT2D eigenvalue weighted by Crippen LogP contribution is 2.36. The van der Waals surface area contributed by atoms with Crippen molar-refractivity contribution in [3.8, 4) is 11.1 Å². The second kappa shape index (κ2) is 6.39. The molecule has 3 rings (SSSR count). The smallest absolute Gasteiger partial charge is 0.340 e. The highest BCUT2D eigenvalue weighted by atomic mass is 16.5. The van der Waals surface area contributed by atoms with Gasteiger partial charge in [0.05, 0.1) is 36.7 Å². The average Bonchev–Trinajstić information content (AvgIpc) is 3.03. The fraction of sp³-hybridized carbons (Fsp3) is 0.211. The van der Waals surface area contributed by atoms with Crippen molar-refractivity contribution in [3.05, 3.63) is 53.0 Å². The summed E-state index contributed by atoms with van der Waals surface area (Å²) in [4.78, 5) is 32.4. The minimum Gasteiger partial charge on any atom is -0.465 e. The zero-order valence-electron chi connectivity index (χ0n) is 14.5. The third kappa shape index (κ3) is 2.65. The van der Waals surface area contributed by atoms with Gasteiger partial charge in [0.1, 0.15) is 0 Å². The topological polar surface area (TPSA) is 81.3 Å². The number of ether oxygens (including phenoxy) is 2. The van der Waals surface area contributed by atoms with Crippen LogP contribution in [-0.4, -0.2) is 36.1 Å². The number of nitrogens with one attached hydrogen (secondary N) is 1. The Labute approximate surface area is 144 Å². The van der Waals surface area contributed by atoms with Crippen molar-refractivity contribution in [2.24, 2.45) is 0 Å². The van der Waals surface area contributed by atoms with E-state index < -0.39 is 11.9 Å². The Hall–Kier alpha value is -3.15. The van der Waals surface area contributed by atoms with Gasteiger partial charge in [-0.1, -0.05) is 18.2 Å². The molecule has 0 spiro atoms. The van der Waals surface area contributed by atoms with Crippen LogP contribution in [0.3, 0.4) is 0 Å². The molecule has 6 nitrogen and oxygen atoms in total. The Bertz CT molecular complexity index is 948. The Balaban J connectivity index is 2.47. The maximum Gasteiger partial charge on any atom is 0.340 e. The molecule has 0 fully saturated rings. The molecule has 25 heavy (non-hydrogen) atoms. The molecule has 128 valence electrons. The van der Waals surface area contributed by atoms with Crippen LogP contribution in [0.2, 0.25) is 0 Å². The molecule has 0 aliphatic heterocycles. The van der Waals surface area contributed by atoms with E-state index >= 15 is 0 Å². The molecule has 0 saturated carbocycles. The number of H-pyrrole nitrogens is 1. The van der Waals surface area contributed by atoms with Crippen LogP contribution in [0.25, 0.3) is 22.0 Å². The number of aromatic amines is 1. The molecular formula is C19H18N2O4. The zero-order valence-corrected chi connectivity index (χ0v) is 14.5. The Morgan fingerprint density at radius 1 is 0.960 bits per heavy atom. The van der Waals surface area contributed by atoms with Gasteiger partial charge in [0.25, 0.3) is 0 Å². The fourth-order valence-corrected chi connectivity index (χ4v) is 3.10. The number of hydrogen-bond donors (Lipinski definition) is 1. The highest BCUT2D eigenvalue weighted by molar-refractivity contribution is 6.11. The van der Waals surface area contributed by atoms with E-state index in [2.05, 4.69) is 9.97 Å². The van der Waals surface area contributed by atoms with Gasteiger partial charge in [0.2, 0.25) is 0 Å². The van der Waals surface area contributed by atoms with Gasteiger partial charge in [-0.25, -0.2) is 9.59 Å². The molecule has 3 aromatic rings. The third-order valence-corrected chi connectivity index (χ3v) is 4.20. The van der Waals surface area contributed by atoms with E-state index in [0.717, 1.165) is 16.5 Å². The van der Waals surface area contributed by atoms with Gasteiger partial charge in [0, 0.05) is 28.2 Å². The molecule has 0 amide bonds. The standard InChI is InChI=1S/C19H18N2O4/c1-10-15(18(22)24-3)17(16(11(2)21-10)19(23)25-4)13-9-20-14-8-6-5-7-12(13)14/h5-9,20H,1-4H3. The molecule has 2 heterocycles. The third-order valence-electron chi connectivity index (χ3n) is 4.20. The van der Waals surface area contributed by atoms with Gasteiger partial charge in [-0.05, 0) is 19.9 Å². The van der Waals surface area contributed by atoms with Crippen molar-refractivity contribution in [1.82, 2.24) is 9.97 Å². The lowest BCUT2D eigenvalue weighted by Crippen LogP contribution is -2.15. The SMILES string of the molecule is COC(=O)c1c(C)nc(C)c(C(=O)OC)c1-c1c[nH]c2ccccc12. The van der Waals surface area contributed by atoms with Gasteiger partial charge in [-0.15, -0.1) is 0 Å². The van der Waals surface area contributed by atoms with Crippen LogP contribution in [0.4, 0.5) is 0 Å². The number of aryl methyl sites for hydroxylation is 2.